The second kappa shape index (κ2) is 6.52. The number of hydrogen-bond donors (Lipinski definition) is 1. The molecule has 0 spiro atoms. The molecule has 0 radical (unpaired) electrons. The number of ether oxygens (including phenoxy) is 2. The number of hydrogen-bond acceptors (Lipinski definition) is 4. The molecule has 0 aliphatic heterocycles. The van der Waals surface area contributed by atoms with E-state index in [2.05, 4.69) is 0 Å². The van der Waals surface area contributed by atoms with Gasteiger partial charge in [0.05, 0.1) is 13.2 Å². The largest absolute Gasteiger partial charge is 0.476 e. The highest BCUT2D eigenvalue weighted by Crippen LogP contribution is 2.05. The zero-order valence-electron chi connectivity index (χ0n) is 9.92. The first-order chi connectivity index (χ1) is 8.20. The highest BCUT2D eigenvalue weighted by molar-refractivity contribution is 6.06. The summed E-state index contributed by atoms with van der Waals surface area (Å²) in [5.74, 6) is -1.07. The molecule has 1 aromatic heterocycles. The van der Waals surface area contributed by atoms with Gasteiger partial charge in [-0.25, -0.2) is 4.79 Å². The van der Waals surface area contributed by atoms with E-state index < -0.39 is 11.9 Å². The molecule has 92 valence electrons. The van der Waals surface area contributed by atoms with Gasteiger partial charge in [0.1, 0.15) is 0 Å². The average molecular weight is 238 g/mol. The summed E-state index contributed by atoms with van der Waals surface area (Å²) >= 11 is 0. The van der Waals surface area contributed by atoms with Crippen LogP contribution in [-0.4, -0.2) is 24.3 Å². The molecule has 0 aromatic carbocycles. The normalized spacial score (nSPS) is 11.6. The van der Waals surface area contributed by atoms with E-state index in [-0.39, 0.29) is 18.9 Å². The number of aliphatic hydroxyl groups is 1. The zero-order chi connectivity index (χ0) is 12.7. The Hall–Kier alpha value is -2.04. The molecule has 1 rings (SSSR count). The van der Waals surface area contributed by atoms with Gasteiger partial charge < -0.3 is 14.6 Å². The van der Waals surface area contributed by atoms with Crippen molar-refractivity contribution < 1.29 is 23.9 Å². The first kappa shape index (κ1) is 13.0. The second-order valence-electron chi connectivity index (χ2n) is 3.09. The van der Waals surface area contributed by atoms with Crippen LogP contribution in [-0.2, 0) is 14.3 Å². The maximum atomic E-state index is 11.7. The van der Waals surface area contributed by atoms with Gasteiger partial charge in [0.25, 0.3) is 0 Å². The molecule has 0 atom stereocenters. The molecule has 5 nitrogen and oxygen atoms in total. The van der Waals surface area contributed by atoms with Crippen molar-refractivity contribution in [2.75, 3.05) is 13.2 Å². The first-order valence-corrected chi connectivity index (χ1v) is 5.40. The number of esters is 1. The molecular formula is C12H16NO4+. The van der Waals surface area contributed by atoms with E-state index in [0.717, 1.165) is 0 Å². The monoisotopic (exact) mass is 238 g/mol. The fraction of sp³-hybridized carbons (Fsp3) is 0.333. The molecule has 5 heteroatoms. The molecule has 0 fully saturated rings. The molecule has 1 heterocycles. The van der Waals surface area contributed by atoms with E-state index in [9.17, 15) is 9.90 Å². The number of aromatic nitrogens is 1. The van der Waals surface area contributed by atoms with Crippen molar-refractivity contribution >= 4 is 11.7 Å². The smallest absolute Gasteiger partial charge is 0.412 e. The summed E-state index contributed by atoms with van der Waals surface area (Å²) in [7, 11) is 0. The van der Waals surface area contributed by atoms with E-state index in [0.29, 0.717) is 0 Å². The van der Waals surface area contributed by atoms with Gasteiger partial charge in [0.2, 0.25) is 0 Å². The lowest BCUT2D eigenvalue weighted by Gasteiger charge is -2.04. The number of nitrogens with zero attached hydrogens (tertiary/aromatic N) is 1. The van der Waals surface area contributed by atoms with Crippen LogP contribution in [0.1, 0.15) is 13.8 Å². The highest BCUT2D eigenvalue weighted by atomic mass is 16.6. The van der Waals surface area contributed by atoms with Gasteiger partial charge in [-0.15, -0.1) is 0 Å². The van der Waals surface area contributed by atoms with Crippen LogP contribution in [0, 0.1) is 0 Å². The highest BCUT2D eigenvalue weighted by Gasteiger charge is 2.28. The molecule has 1 aromatic rings. The van der Waals surface area contributed by atoms with Crippen molar-refractivity contribution in [3.05, 3.63) is 36.5 Å². The molecule has 17 heavy (non-hydrogen) atoms. The molecule has 0 aliphatic carbocycles. The van der Waals surface area contributed by atoms with Crippen LogP contribution in [0.15, 0.2) is 36.5 Å². The Kier molecular flexibility index (Phi) is 5.00. The van der Waals surface area contributed by atoms with E-state index >= 15 is 0 Å². The Labute approximate surface area is 99.9 Å². The van der Waals surface area contributed by atoms with Gasteiger partial charge in [-0.05, 0) is 13.8 Å². The lowest BCUT2D eigenvalue weighted by molar-refractivity contribution is -0.581. The lowest BCUT2D eigenvalue weighted by Crippen LogP contribution is -2.38. The quantitative estimate of drug-likeness (QED) is 0.363. The third kappa shape index (κ3) is 3.48. The van der Waals surface area contributed by atoms with Crippen LogP contribution in [0.5, 0.6) is 0 Å². The van der Waals surface area contributed by atoms with Crippen molar-refractivity contribution in [2.45, 2.75) is 13.8 Å². The van der Waals surface area contributed by atoms with Crippen LogP contribution >= 0.6 is 0 Å². The summed E-state index contributed by atoms with van der Waals surface area (Å²) in [6.45, 7) is 3.91. The minimum Gasteiger partial charge on any atom is -0.476 e. The van der Waals surface area contributed by atoms with Gasteiger partial charge in [0, 0.05) is 12.1 Å². The Balaban J connectivity index is 3.11. The van der Waals surface area contributed by atoms with E-state index in [1.54, 1.807) is 44.4 Å². The number of carbonyl (C=O) groups is 1. The summed E-state index contributed by atoms with van der Waals surface area (Å²) in [6.07, 6.45) is 3.25. The minimum absolute atomic E-state index is 0.0331. The van der Waals surface area contributed by atoms with Crippen molar-refractivity contribution in [3.8, 4) is 0 Å². The Morgan fingerprint density at radius 1 is 1.12 bits per heavy atom. The van der Waals surface area contributed by atoms with Gasteiger partial charge in [0.15, 0.2) is 12.4 Å². The Bertz CT molecular complexity index is 400. The Morgan fingerprint density at radius 3 is 2.24 bits per heavy atom. The summed E-state index contributed by atoms with van der Waals surface area (Å²) < 4.78 is 11.3. The summed E-state index contributed by atoms with van der Waals surface area (Å²) in [6, 6.07) is 5.27. The third-order valence-electron chi connectivity index (χ3n) is 1.93. The topological polar surface area (TPSA) is 59.6 Å². The molecule has 0 bridgehead atoms. The van der Waals surface area contributed by atoms with Crippen molar-refractivity contribution in [2.24, 2.45) is 0 Å². The fourth-order valence-corrected chi connectivity index (χ4v) is 1.26. The van der Waals surface area contributed by atoms with Crippen molar-refractivity contribution in [3.63, 3.8) is 0 Å². The van der Waals surface area contributed by atoms with Gasteiger partial charge >= 0.3 is 17.6 Å². The molecule has 1 N–H and O–H groups in total. The standard InChI is InChI=1S/C12H15NO4/c1-3-16-11(14)10(12(15)17-4-2)13-8-6-5-7-9-13/h5-9H,3-4H2,1-2H3/p+1. The van der Waals surface area contributed by atoms with Crippen molar-refractivity contribution in [1.29, 1.82) is 0 Å². The summed E-state index contributed by atoms with van der Waals surface area (Å²) in [4.78, 5) is 11.7. The molecular weight excluding hydrogens is 222 g/mol. The van der Waals surface area contributed by atoms with Crippen molar-refractivity contribution in [1.82, 2.24) is 0 Å². The van der Waals surface area contributed by atoms with Crippen LogP contribution < -0.4 is 4.57 Å². The molecule has 0 amide bonds. The molecule has 0 saturated heterocycles. The average Bonchev–Trinajstić information content (AvgIpc) is 2.31. The predicted octanol–water partition coefficient (Wildman–Crippen LogP) is 1.26. The molecule has 0 unspecified atom stereocenters. The Morgan fingerprint density at radius 2 is 1.71 bits per heavy atom. The lowest BCUT2D eigenvalue weighted by atomic mass is 10.4. The number of carbonyl (C=O) groups excluding carboxylic acids is 1. The molecule has 0 aliphatic rings. The van der Waals surface area contributed by atoms with E-state index in [1.807, 2.05) is 0 Å². The van der Waals surface area contributed by atoms with Gasteiger partial charge in [-0.1, -0.05) is 6.07 Å². The summed E-state index contributed by atoms with van der Waals surface area (Å²) in [5, 5.41) is 9.70. The maximum Gasteiger partial charge on any atom is 0.412 e. The van der Waals surface area contributed by atoms with Crippen LogP contribution in [0.4, 0.5) is 0 Å². The molecule has 0 saturated carbocycles. The number of pyridine rings is 1. The summed E-state index contributed by atoms with van der Waals surface area (Å²) in [5.41, 5.74) is -0.0331. The van der Waals surface area contributed by atoms with Gasteiger partial charge in [-0.2, -0.15) is 4.57 Å². The predicted molar refractivity (Wildman–Crippen MR) is 60.7 cm³/mol. The zero-order valence-corrected chi connectivity index (χ0v) is 9.92. The van der Waals surface area contributed by atoms with Gasteiger partial charge in [-0.3, -0.25) is 0 Å². The van der Waals surface area contributed by atoms with Crippen LogP contribution in [0.25, 0.3) is 5.70 Å². The van der Waals surface area contributed by atoms with E-state index in [4.69, 9.17) is 9.47 Å². The SMILES string of the molecule is CCOC(=O)/C(=C(\O)OCC)[n+]1ccccc1. The number of rotatable bonds is 5. The maximum absolute atomic E-state index is 11.7. The second-order valence-corrected chi connectivity index (χ2v) is 3.09. The fourth-order valence-electron chi connectivity index (χ4n) is 1.26. The first-order valence-electron chi connectivity index (χ1n) is 5.40. The van der Waals surface area contributed by atoms with Crippen LogP contribution in [0.2, 0.25) is 0 Å². The number of aliphatic hydroxyl groups excluding tert-OH is 1. The van der Waals surface area contributed by atoms with E-state index in [1.165, 1.54) is 4.57 Å². The minimum atomic E-state index is -0.630. The van der Waals surface area contributed by atoms with Crippen LogP contribution in [0.3, 0.4) is 0 Å². The third-order valence-corrected chi connectivity index (χ3v) is 1.93.